The first-order chi connectivity index (χ1) is 18.7. The predicted octanol–water partition coefficient (Wildman–Crippen LogP) is 6.72. The van der Waals surface area contributed by atoms with Gasteiger partial charge in [0.05, 0.1) is 12.5 Å². The molecule has 8 heteroatoms. The summed E-state index contributed by atoms with van der Waals surface area (Å²) >= 11 is 0. The van der Waals surface area contributed by atoms with Crippen LogP contribution in [0.4, 0.5) is 9.18 Å². The Balaban J connectivity index is 1.33. The first-order valence-corrected chi connectivity index (χ1v) is 13.3. The molecule has 4 aromatic rings. The summed E-state index contributed by atoms with van der Waals surface area (Å²) in [4.78, 5) is 16.3. The number of carbonyl (C=O) groups excluding carboxylic acids is 1. The molecular weight excluding hydrogens is 497 g/mol. The number of nitrogens with one attached hydrogen (secondary N) is 1. The number of rotatable bonds is 8. The van der Waals surface area contributed by atoms with Gasteiger partial charge in [-0.3, -0.25) is 0 Å². The number of nitrogens with zero attached hydrogens (tertiary/aromatic N) is 2. The van der Waals surface area contributed by atoms with Gasteiger partial charge in [0.1, 0.15) is 29.6 Å². The fourth-order valence-corrected chi connectivity index (χ4v) is 4.68. The first-order valence-electron chi connectivity index (χ1n) is 13.3. The van der Waals surface area contributed by atoms with E-state index in [2.05, 4.69) is 10.3 Å². The van der Waals surface area contributed by atoms with E-state index in [0.717, 1.165) is 27.8 Å². The highest BCUT2D eigenvalue weighted by molar-refractivity contribution is 5.74. The van der Waals surface area contributed by atoms with E-state index in [0.29, 0.717) is 31.6 Å². The average molecular weight is 532 g/mol. The largest absolute Gasteiger partial charge is 0.488 e. The molecule has 7 nitrogen and oxygen atoms in total. The fourth-order valence-electron chi connectivity index (χ4n) is 4.68. The summed E-state index contributed by atoms with van der Waals surface area (Å²) in [6.07, 6.45) is 6.95. The lowest BCUT2D eigenvalue weighted by molar-refractivity contribution is 0.0365. The van der Waals surface area contributed by atoms with Crippen LogP contribution < -0.4 is 14.8 Å². The van der Waals surface area contributed by atoms with Crippen molar-refractivity contribution in [2.24, 2.45) is 0 Å². The summed E-state index contributed by atoms with van der Waals surface area (Å²) in [7, 11) is 0. The van der Waals surface area contributed by atoms with Crippen LogP contribution in [-0.2, 0) is 17.8 Å². The normalized spacial score (nSPS) is 16.9. The Kier molecular flexibility index (Phi) is 7.46. The molecule has 204 valence electrons. The number of halogens is 1. The SMILES string of the molecule is CCc1cc(OCc2ccccc2)c(F)cc1-c1cc(O[C@H]2C[C@@H](NC(=O)OC(C)(C)C)C2)c2cncn2c1. The number of aryl methyl sites for hydroxylation is 1. The smallest absolute Gasteiger partial charge is 0.407 e. The number of ether oxygens (including phenoxy) is 3. The maximum atomic E-state index is 15.2. The van der Waals surface area contributed by atoms with E-state index in [9.17, 15) is 4.79 Å². The number of fused-ring (bicyclic) bond motifs is 1. The quantitative estimate of drug-likeness (QED) is 0.273. The molecule has 1 amide bonds. The molecule has 0 unspecified atom stereocenters. The highest BCUT2D eigenvalue weighted by Gasteiger charge is 2.33. The molecule has 0 atom stereocenters. The van der Waals surface area contributed by atoms with Crippen LogP contribution in [-0.4, -0.2) is 33.2 Å². The van der Waals surface area contributed by atoms with Gasteiger partial charge in [-0.1, -0.05) is 37.3 Å². The van der Waals surface area contributed by atoms with Gasteiger partial charge in [0.25, 0.3) is 0 Å². The monoisotopic (exact) mass is 531 g/mol. The van der Waals surface area contributed by atoms with Crippen molar-refractivity contribution in [2.45, 2.75) is 71.3 Å². The summed E-state index contributed by atoms with van der Waals surface area (Å²) in [5, 5.41) is 2.89. The maximum Gasteiger partial charge on any atom is 0.407 e. The topological polar surface area (TPSA) is 74.1 Å². The molecule has 1 saturated carbocycles. The third-order valence-corrected chi connectivity index (χ3v) is 6.68. The molecule has 1 aliphatic carbocycles. The Morgan fingerprint density at radius 1 is 1.13 bits per heavy atom. The van der Waals surface area contributed by atoms with Gasteiger partial charge in [-0.2, -0.15) is 0 Å². The number of imidazole rings is 1. The van der Waals surface area contributed by atoms with Crippen molar-refractivity contribution < 1.29 is 23.4 Å². The van der Waals surface area contributed by atoms with Crippen molar-refractivity contribution in [2.75, 3.05) is 0 Å². The number of aromatic nitrogens is 2. The molecule has 0 aliphatic heterocycles. The molecule has 2 aromatic carbocycles. The number of hydrogen-bond donors (Lipinski definition) is 1. The highest BCUT2D eigenvalue weighted by atomic mass is 19.1. The van der Waals surface area contributed by atoms with Gasteiger partial charge in [0.15, 0.2) is 11.6 Å². The second-order valence-corrected chi connectivity index (χ2v) is 10.9. The van der Waals surface area contributed by atoms with E-state index >= 15 is 4.39 Å². The van der Waals surface area contributed by atoms with Crippen LogP contribution in [0.5, 0.6) is 11.5 Å². The minimum atomic E-state index is -0.541. The Labute approximate surface area is 227 Å². The lowest BCUT2D eigenvalue weighted by Crippen LogP contribution is -2.50. The van der Waals surface area contributed by atoms with E-state index in [1.165, 1.54) is 6.07 Å². The van der Waals surface area contributed by atoms with Crippen LogP contribution in [0.1, 0.15) is 51.7 Å². The van der Waals surface area contributed by atoms with Crippen molar-refractivity contribution in [3.8, 4) is 22.6 Å². The zero-order valence-electron chi connectivity index (χ0n) is 22.7. The van der Waals surface area contributed by atoms with Crippen molar-refractivity contribution in [3.63, 3.8) is 0 Å². The average Bonchev–Trinajstić information content (AvgIpc) is 3.35. The third-order valence-electron chi connectivity index (χ3n) is 6.68. The van der Waals surface area contributed by atoms with E-state index in [4.69, 9.17) is 14.2 Å². The molecule has 5 rings (SSSR count). The van der Waals surface area contributed by atoms with Crippen molar-refractivity contribution in [1.82, 2.24) is 14.7 Å². The molecule has 0 spiro atoms. The standard InChI is InChI=1S/C31H34FN3O4/c1-5-21-11-28(37-18-20-9-7-6-8-10-20)26(32)15-25(21)22-12-29(27-16-33-19-35(27)17-22)38-24-13-23(14-24)34-30(36)39-31(2,3)4/h6-12,15-17,19,23-24H,5,13-14,18H2,1-4H3,(H,34,36)/t23-,24+. The van der Waals surface area contributed by atoms with Crippen molar-refractivity contribution in [3.05, 3.63) is 84.2 Å². The fraction of sp³-hybridized carbons (Fsp3) is 0.355. The van der Waals surface area contributed by atoms with Crippen LogP contribution in [0.25, 0.3) is 16.6 Å². The minimum Gasteiger partial charge on any atom is -0.488 e. The number of benzene rings is 2. The molecule has 1 N–H and O–H groups in total. The Bertz CT molecular complexity index is 1460. The van der Waals surface area contributed by atoms with Gasteiger partial charge in [-0.15, -0.1) is 0 Å². The number of hydrogen-bond acceptors (Lipinski definition) is 5. The number of carbonyl (C=O) groups is 1. The van der Waals surface area contributed by atoms with Gasteiger partial charge in [0, 0.05) is 30.6 Å². The van der Waals surface area contributed by atoms with Crippen LogP contribution in [0.3, 0.4) is 0 Å². The second kappa shape index (κ2) is 11.0. The van der Waals surface area contributed by atoms with Crippen molar-refractivity contribution in [1.29, 1.82) is 0 Å². The third kappa shape index (κ3) is 6.33. The number of alkyl carbamates (subject to hydrolysis) is 1. The van der Waals surface area contributed by atoms with Crippen LogP contribution in [0, 0.1) is 5.82 Å². The molecule has 0 bridgehead atoms. The van der Waals surface area contributed by atoms with Gasteiger partial charge < -0.3 is 23.9 Å². The molecule has 0 radical (unpaired) electrons. The minimum absolute atomic E-state index is 0.00168. The summed E-state index contributed by atoms with van der Waals surface area (Å²) in [6, 6.07) is 15.0. The Hall–Kier alpha value is -4.07. The van der Waals surface area contributed by atoms with Gasteiger partial charge >= 0.3 is 6.09 Å². The van der Waals surface area contributed by atoms with Crippen LogP contribution in [0.2, 0.25) is 0 Å². The molecule has 1 aliphatic rings. The molecule has 39 heavy (non-hydrogen) atoms. The van der Waals surface area contributed by atoms with E-state index < -0.39 is 17.5 Å². The van der Waals surface area contributed by atoms with E-state index in [1.807, 2.05) is 74.7 Å². The summed E-state index contributed by atoms with van der Waals surface area (Å²) in [5.74, 6) is 0.483. The number of pyridine rings is 1. The molecule has 0 saturated heterocycles. The molecule has 2 heterocycles. The molecular formula is C31H34FN3O4. The van der Waals surface area contributed by atoms with E-state index in [1.54, 1.807) is 18.6 Å². The zero-order valence-corrected chi connectivity index (χ0v) is 22.7. The Morgan fingerprint density at radius 3 is 2.62 bits per heavy atom. The van der Waals surface area contributed by atoms with Gasteiger partial charge in [0.2, 0.25) is 0 Å². The van der Waals surface area contributed by atoms with Crippen LogP contribution in [0.15, 0.2) is 67.3 Å². The predicted molar refractivity (Wildman–Crippen MR) is 148 cm³/mol. The maximum absolute atomic E-state index is 15.2. The second-order valence-electron chi connectivity index (χ2n) is 10.9. The Morgan fingerprint density at radius 2 is 1.90 bits per heavy atom. The summed E-state index contributed by atoms with van der Waals surface area (Å²) in [6.45, 7) is 7.85. The lowest BCUT2D eigenvalue weighted by Gasteiger charge is -2.36. The highest BCUT2D eigenvalue weighted by Crippen LogP contribution is 2.36. The first kappa shape index (κ1) is 26.5. The number of amides is 1. The summed E-state index contributed by atoms with van der Waals surface area (Å²) < 4.78 is 34.6. The van der Waals surface area contributed by atoms with Crippen LogP contribution >= 0.6 is 0 Å². The van der Waals surface area contributed by atoms with E-state index in [-0.39, 0.29) is 17.9 Å². The lowest BCUT2D eigenvalue weighted by atomic mass is 9.89. The summed E-state index contributed by atoms with van der Waals surface area (Å²) in [5.41, 5.74) is 3.83. The van der Waals surface area contributed by atoms with Crippen molar-refractivity contribution >= 4 is 11.6 Å². The molecule has 2 aromatic heterocycles. The zero-order chi connectivity index (χ0) is 27.6. The molecule has 1 fully saturated rings. The van der Waals surface area contributed by atoms with Gasteiger partial charge in [-0.05, 0) is 62.1 Å². The van der Waals surface area contributed by atoms with Gasteiger partial charge in [-0.25, -0.2) is 14.2 Å².